The van der Waals surface area contributed by atoms with Crippen LogP contribution in [0, 0.1) is 0 Å². The molecule has 1 heterocycles. The maximum absolute atomic E-state index is 13.2. The van der Waals surface area contributed by atoms with Gasteiger partial charge in [-0.3, -0.25) is 9.10 Å². The number of rotatable bonds is 6. The summed E-state index contributed by atoms with van der Waals surface area (Å²) in [5, 5.41) is 2.83. The lowest BCUT2D eigenvalue weighted by Crippen LogP contribution is -2.29. The SMILES string of the molecule is COc1cccc(CNC(=O)c2cccc(S(=O)(=O)N3CCc4ccccc43)c2)c1. The van der Waals surface area contributed by atoms with Crippen LogP contribution in [0.1, 0.15) is 21.5 Å². The second kappa shape index (κ2) is 8.20. The third-order valence-electron chi connectivity index (χ3n) is 5.12. The number of nitrogens with zero attached hydrogens (tertiary/aromatic N) is 1. The Hall–Kier alpha value is -3.32. The maximum atomic E-state index is 13.2. The summed E-state index contributed by atoms with van der Waals surface area (Å²) < 4.78 is 33.0. The maximum Gasteiger partial charge on any atom is 0.264 e. The number of hydrogen-bond donors (Lipinski definition) is 1. The number of anilines is 1. The number of benzene rings is 3. The van der Waals surface area contributed by atoms with Gasteiger partial charge in [-0.1, -0.05) is 36.4 Å². The summed E-state index contributed by atoms with van der Waals surface area (Å²) in [4.78, 5) is 12.7. The third kappa shape index (κ3) is 3.89. The van der Waals surface area contributed by atoms with E-state index in [-0.39, 0.29) is 10.8 Å². The van der Waals surface area contributed by atoms with Crippen molar-refractivity contribution in [2.75, 3.05) is 18.0 Å². The van der Waals surface area contributed by atoms with Crippen LogP contribution in [-0.4, -0.2) is 28.0 Å². The first-order chi connectivity index (χ1) is 14.5. The lowest BCUT2D eigenvalue weighted by atomic mass is 10.2. The average Bonchev–Trinajstić information content (AvgIpc) is 3.23. The first-order valence-corrected chi connectivity index (χ1v) is 11.0. The molecule has 0 aliphatic carbocycles. The first-order valence-electron chi connectivity index (χ1n) is 9.61. The molecule has 30 heavy (non-hydrogen) atoms. The molecule has 0 bridgehead atoms. The minimum Gasteiger partial charge on any atom is -0.497 e. The van der Waals surface area contributed by atoms with Gasteiger partial charge in [0.2, 0.25) is 0 Å². The molecule has 0 fully saturated rings. The van der Waals surface area contributed by atoms with E-state index in [0.717, 1.165) is 11.1 Å². The van der Waals surface area contributed by atoms with Gasteiger partial charge in [0.15, 0.2) is 0 Å². The van der Waals surface area contributed by atoms with Gasteiger partial charge in [-0.2, -0.15) is 0 Å². The molecule has 7 heteroatoms. The molecule has 4 rings (SSSR count). The molecule has 3 aromatic carbocycles. The second-order valence-corrected chi connectivity index (χ2v) is 8.88. The van der Waals surface area contributed by atoms with Crippen LogP contribution in [0.4, 0.5) is 5.69 Å². The van der Waals surface area contributed by atoms with Gasteiger partial charge in [0, 0.05) is 18.7 Å². The van der Waals surface area contributed by atoms with Crippen LogP contribution in [0.25, 0.3) is 0 Å². The summed E-state index contributed by atoms with van der Waals surface area (Å²) in [6.07, 6.45) is 0.677. The molecular formula is C23H22N2O4S. The monoisotopic (exact) mass is 422 g/mol. The van der Waals surface area contributed by atoms with E-state index in [1.807, 2.05) is 48.5 Å². The zero-order valence-electron chi connectivity index (χ0n) is 16.5. The van der Waals surface area contributed by atoms with Gasteiger partial charge in [-0.05, 0) is 53.9 Å². The fourth-order valence-electron chi connectivity index (χ4n) is 3.55. The topological polar surface area (TPSA) is 75.7 Å². The molecule has 0 unspecified atom stereocenters. The van der Waals surface area contributed by atoms with E-state index >= 15 is 0 Å². The van der Waals surface area contributed by atoms with Crippen molar-refractivity contribution in [3.05, 3.63) is 89.5 Å². The number of carbonyl (C=O) groups excluding carboxylic acids is 1. The van der Waals surface area contributed by atoms with Crippen LogP contribution in [0.5, 0.6) is 5.75 Å². The summed E-state index contributed by atoms with van der Waals surface area (Å²) in [5.41, 5.74) is 2.89. The number of methoxy groups -OCH3 is 1. The molecule has 1 aliphatic rings. The van der Waals surface area contributed by atoms with Crippen LogP contribution in [-0.2, 0) is 23.0 Å². The molecule has 1 aliphatic heterocycles. The van der Waals surface area contributed by atoms with Crippen LogP contribution in [0.3, 0.4) is 0 Å². The molecule has 154 valence electrons. The van der Waals surface area contributed by atoms with Crippen molar-refractivity contribution in [1.29, 1.82) is 0 Å². The molecule has 0 saturated carbocycles. The van der Waals surface area contributed by atoms with Crippen molar-refractivity contribution < 1.29 is 17.9 Å². The molecule has 1 N–H and O–H groups in total. The highest BCUT2D eigenvalue weighted by Crippen LogP contribution is 2.32. The number of hydrogen-bond acceptors (Lipinski definition) is 4. The largest absolute Gasteiger partial charge is 0.497 e. The van der Waals surface area contributed by atoms with Gasteiger partial charge >= 0.3 is 0 Å². The molecule has 0 saturated heterocycles. The highest BCUT2D eigenvalue weighted by atomic mass is 32.2. The number of fused-ring (bicyclic) bond motifs is 1. The minimum absolute atomic E-state index is 0.105. The Morgan fingerprint density at radius 2 is 1.83 bits per heavy atom. The summed E-state index contributed by atoms with van der Waals surface area (Å²) in [6.45, 7) is 0.709. The lowest BCUT2D eigenvalue weighted by Gasteiger charge is -2.20. The normalized spacial score (nSPS) is 13.0. The number of nitrogens with one attached hydrogen (secondary N) is 1. The van der Waals surface area contributed by atoms with E-state index in [1.54, 1.807) is 19.2 Å². The summed E-state index contributed by atoms with van der Waals surface area (Å²) in [6, 6.07) is 21.0. The van der Waals surface area contributed by atoms with Crippen LogP contribution < -0.4 is 14.4 Å². The number of amides is 1. The minimum atomic E-state index is -3.75. The van der Waals surface area contributed by atoms with Crippen molar-refractivity contribution in [3.8, 4) is 5.75 Å². The molecule has 6 nitrogen and oxygen atoms in total. The predicted molar refractivity (Wildman–Crippen MR) is 115 cm³/mol. The van der Waals surface area contributed by atoms with E-state index in [4.69, 9.17) is 4.74 Å². The summed E-state index contributed by atoms with van der Waals surface area (Å²) in [5.74, 6) is 0.373. The van der Waals surface area contributed by atoms with Crippen LogP contribution in [0.15, 0.2) is 77.7 Å². The van der Waals surface area contributed by atoms with Gasteiger partial charge in [0.1, 0.15) is 5.75 Å². The fourth-order valence-corrected chi connectivity index (χ4v) is 5.10. The number of sulfonamides is 1. The Labute approximate surface area is 176 Å². The quantitative estimate of drug-likeness (QED) is 0.661. The van der Waals surface area contributed by atoms with Gasteiger partial charge in [0.05, 0.1) is 17.7 Å². The highest BCUT2D eigenvalue weighted by Gasteiger charge is 2.30. The van der Waals surface area contributed by atoms with E-state index in [2.05, 4.69) is 5.32 Å². The molecule has 0 radical (unpaired) electrons. The van der Waals surface area contributed by atoms with Gasteiger partial charge in [0.25, 0.3) is 15.9 Å². The lowest BCUT2D eigenvalue weighted by molar-refractivity contribution is 0.0950. The van der Waals surface area contributed by atoms with Crippen molar-refractivity contribution in [3.63, 3.8) is 0 Å². The Morgan fingerprint density at radius 1 is 1.03 bits per heavy atom. The molecule has 0 aromatic heterocycles. The predicted octanol–water partition coefficient (Wildman–Crippen LogP) is 3.38. The van der Waals surface area contributed by atoms with Gasteiger partial charge < -0.3 is 10.1 Å². The van der Waals surface area contributed by atoms with Crippen molar-refractivity contribution in [2.45, 2.75) is 17.9 Å². The molecule has 0 spiro atoms. The fraction of sp³-hybridized carbons (Fsp3) is 0.174. The third-order valence-corrected chi connectivity index (χ3v) is 6.93. The standard InChI is InChI=1S/C23H22N2O4S/c1-29-20-9-4-6-17(14-20)16-24-23(26)19-8-5-10-21(15-19)30(27,28)25-13-12-18-7-2-3-11-22(18)25/h2-11,14-15H,12-13,16H2,1H3,(H,24,26). The van der Waals surface area contributed by atoms with Gasteiger partial charge in [-0.15, -0.1) is 0 Å². The molecule has 3 aromatic rings. The summed E-state index contributed by atoms with van der Waals surface area (Å²) >= 11 is 0. The number of para-hydroxylation sites is 1. The smallest absolute Gasteiger partial charge is 0.264 e. The van der Waals surface area contributed by atoms with Crippen molar-refractivity contribution >= 4 is 21.6 Å². The molecule has 1 amide bonds. The summed E-state index contributed by atoms with van der Waals surface area (Å²) in [7, 11) is -2.16. The van der Waals surface area contributed by atoms with Crippen LogP contribution in [0.2, 0.25) is 0 Å². The van der Waals surface area contributed by atoms with Gasteiger partial charge in [-0.25, -0.2) is 8.42 Å². The second-order valence-electron chi connectivity index (χ2n) is 7.02. The number of carbonyl (C=O) groups is 1. The van der Waals surface area contributed by atoms with E-state index in [9.17, 15) is 13.2 Å². The highest BCUT2D eigenvalue weighted by molar-refractivity contribution is 7.92. The number of ether oxygens (including phenoxy) is 1. The Bertz CT molecular complexity index is 1190. The van der Waals surface area contributed by atoms with E-state index < -0.39 is 10.0 Å². The van der Waals surface area contributed by atoms with E-state index in [1.165, 1.54) is 16.4 Å². The zero-order chi connectivity index (χ0) is 21.1. The van der Waals surface area contributed by atoms with Crippen molar-refractivity contribution in [1.82, 2.24) is 5.32 Å². The van der Waals surface area contributed by atoms with Crippen molar-refractivity contribution in [2.24, 2.45) is 0 Å². The van der Waals surface area contributed by atoms with E-state index in [0.29, 0.717) is 36.5 Å². The van der Waals surface area contributed by atoms with Crippen LogP contribution >= 0.6 is 0 Å². The Kier molecular flexibility index (Phi) is 5.46. The Balaban J connectivity index is 1.53. The Morgan fingerprint density at radius 3 is 2.67 bits per heavy atom. The zero-order valence-corrected chi connectivity index (χ0v) is 17.4. The molecular weight excluding hydrogens is 400 g/mol. The first kappa shape index (κ1) is 20.0. The molecule has 0 atom stereocenters. The average molecular weight is 423 g/mol.